The van der Waals surface area contributed by atoms with E-state index in [9.17, 15) is 9.59 Å². The lowest BCUT2D eigenvalue weighted by molar-refractivity contribution is -0.148. The summed E-state index contributed by atoms with van der Waals surface area (Å²) in [6, 6.07) is 0.0429. The van der Waals surface area contributed by atoms with Crippen LogP contribution >= 0.6 is 11.3 Å². The summed E-state index contributed by atoms with van der Waals surface area (Å²) in [4.78, 5) is 34.9. The van der Waals surface area contributed by atoms with Crippen molar-refractivity contribution >= 4 is 33.5 Å². The van der Waals surface area contributed by atoms with Gasteiger partial charge in [-0.2, -0.15) is 0 Å². The minimum Gasteiger partial charge on any atom is -0.466 e. The van der Waals surface area contributed by atoms with Crippen LogP contribution in [0.3, 0.4) is 0 Å². The van der Waals surface area contributed by atoms with Crippen LogP contribution in [0.2, 0.25) is 0 Å². The summed E-state index contributed by atoms with van der Waals surface area (Å²) in [6.07, 6.45) is 5.90. The molecular formula is C21H29N3O3S. The molecule has 2 aromatic heterocycles. The average Bonchev–Trinajstić information content (AvgIpc) is 3.06. The van der Waals surface area contributed by atoms with Gasteiger partial charge in [-0.1, -0.05) is 0 Å². The minimum atomic E-state index is -0.0993. The van der Waals surface area contributed by atoms with Crippen molar-refractivity contribution in [2.24, 2.45) is 5.92 Å². The minimum absolute atomic E-state index is 0.0429. The number of anilines is 1. The fourth-order valence-corrected chi connectivity index (χ4v) is 5.72. The summed E-state index contributed by atoms with van der Waals surface area (Å²) in [6.45, 7) is 7.80. The molecule has 3 heterocycles. The predicted octanol–water partition coefficient (Wildman–Crippen LogP) is 3.70. The zero-order valence-electron chi connectivity index (χ0n) is 17.0. The van der Waals surface area contributed by atoms with E-state index in [2.05, 4.69) is 4.90 Å². The third-order valence-electron chi connectivity index (χ3n) is 5.92. The Labute approximate surface area is 169 Å². The van der Waals surface area contributed by atoms with Gasteiger partial charge in [-0.15, -0.1) is 11.3 Å². The van der Waals surface area contributed by atoms with Gasteiger partial charge in [0.05, 0.1) is 17.9 Å². The number of nitrogens with zero attached hydrogens (tertiary/aromatic N) is 3. The Morgan fingerprint density at radius 1 is 1.25 bits per heavy atom. The molecule has 1 saturated heterocycles. The van der Waals surface area contributed by atoms with E-state index in [1.165, 1.54) is 16.9 Å². The van der Waals surface area contributed by atoms with Crippen LogP contribution < -0.4 is 10.5 Å². The Morgan fingerprint density at radius 2 is 1.96 bits per heavy atom. The molecule has 1 fully saturated rings. The highest BCUT2D eigenvalue weighted by Gasteiger charge is 2.30. The lowest BCUT2D eigenvalue weighted by Crippen LogP contribution is -2.41. The average molecular weight is 404 g/mol. The monoisotopic (exact) mass is 403 g/mol. The maximum atomic E-state index is 13.5. The van der Waals surface area contributed by atoms with E-state index in [0.29, 0.717) is 6.61 Å². The molecule has 152 valence electrons. The Morgan fingerprint density at radius 3 is 2.64 bits per heavy atom. The lowest BCUT2D eigenvalue weighted by Gasteiger charge is -2.33. The highest BCUT2D eigenvalue weighted by atomic mass is 32.1. The molecule has 28 heavy (non-hydrogen) atoms. The second-order valence-electron chi connectivity index (χ2n) is 8.09. The summed E-state index contributed by atoms with van der Waals surface area (Å²) in [5.74, 6) is 0.611. The third kappa shape index (κ3) is 3.34. The number of hydrogen-bond acceptors (Lipinski definition) is 6. The van der Waals surface area contributed by atoms with Gasteiger partial charge in [0.1, 0.15) is 4.83 Å². The number of aromatic nitrogens is 2. The van der Waals surface area contributed by atoms with E-state index in [0.717, 1.165) is 61.4 Å². The van der Waals surface area contributed by atoms with E-state index in [4.69, 9.17) is 9.72 Å². The number of thiophene rings is 1. The van der Waals surface area contributed by atoms with Crippen molar-refractivity contribution in [3.8, 4) is 0 Å². The predicted molar refractivity (Wildman–Crippen MR) is 112 cm³/mol. The highest BCUT2D eigenvalue weighted by Crippen LogP contribution is 2.35. The first-order chi connectivity index (χ1) is 13.5. The maximum absolute atomic E-state index is 13.5. The quantitative estimate of drug-likeness (QED) is 0.729. The fraction of sp³-hybridized carbons (Fsp3) is 0.667. The van der Waals surface area contributed by atoms with Crippen molar-refractivity contribution < 1.29 is 9.53 Å². The van der Waals surface area contributed by atoms with Gasteiger partial charge in [-0.25, -0.2) is 4.98 Å². The molecule has 0 radical (unpaired) electrons. The number of ether oxygens (including phenoxy) is 1. The molecule has 2 aromatic rings. The first-order valence-corrected chi connectivity index (χ1v) is 11.3. The normalized spacial score (nSPS) is 17.9. The van der Waals surface area contributed by atoms with Crippen LogP contribution in [-0.4, -0.2) is 35.2 Å². The number of carbonyl (C=O) groups is 1. The SMILES string of the molecule is CCOC(=O)C1CCN(c2nc3sc4c(c3c(=O)n2C(C)C)CCCC4)CC1. The van der Waals surface area contributed by atoms with Crippen LogP contribution in [0.15, 0.2) is 4.79 Å². The molecule has 0 aromatic carbocycles. The maximum Gasteiger partial charge on any atom is 0.309 e. The molecule has 1 aliphatic heterocycles. The largest absolute Gasteiger partial charge is 0.466 e. The van der Waals surface area contributed by atoms with Gasteiger partial charge in [-0.05, 0) is 64.9 Å². The van der Waals surface area contributed by atoms with E-state index >= 15 is 0 Å². The molecular weight excluding hydrogens is 374 g/mol. The molecule has 0 saturated carbocycles. The number of aryl methyl sites for hydroxylation is 2. The van der Waals surface area contributed by atoms with Crippen LogP contribution in [0.1, 0.15) is 62.9 Å². The number of esters is 1. The Bertz CT molecular complexity index is 938. The van der Waals surface area contributed by atoms with E-state index in [1.54, 1.807) is 11.3 Å². The van der Waals surface area contributed by atoms with Crippen molar-refractivity contribution in [3.63, 3.8) is 0 Å². The van der Waals surface area contributed by atoms with Crippen molar-refractivity contribution in [2.45, 2.75) is 65.3 Å². The van der Waals surface area contributed by atoms with E-state index in [-0.39, 0.29) is 23.5 Å². The number of fused-ring (bicyclic) bond motifs is 3. The molecule has 2 aliphatic rings. The summed E-state index contributed by atoms with van der Waals surface area (Å²) in [5, 5.41) is 0.846. The molecule has 0 spiro atoms. The fourth-order valence-electron chi connectivity index (χ4n) is 4.47. The van der Waals surface area contributed by atoms with Gasteiger partial charge >= 0.3 is 5.97 Å². The van der Waals surface area contributed by atoms with Crippen molar-refractivity contribution in [1.29, 1.82) is 0 Å². The lowest BCUT2D eigenvalue weighted by atomic mass is 9.97. The number of piperidine rings is 1. The van der Waals surface area contributed by atoms with Gasteiger partial charge < -0.3 is 9.64 Å². The van der Waals surface area contributed by atoms with Crippen LogP contribution in [0, 0.1) is 5.92 Å². The summed E-state index contributed by atoms with van der Waals surface area (Å²) >= 11 is 1.70. The Kier molecular flexibility index (Phi) is 5.45. The summed E-state index contributed by atoms with van der Waals surface area (Å²) in [7, 11) is 0. The number of hydrogen-bond donors (Lipinski definition) is 0. The zero-order chi connectivity index (χ0) is 19.8. The Hall–Kier alpha value is -1.89. The molecule has 0 unspecified atom stereocenters. The smallest absolute Gasteiger partial charge is 0.309 e. The first-order valence-electron chi connectivity index (χ1n) is 10.5. The topological polar surface area (TPSA) is 64.4 Å². The van der Waals surface area contributed by atoms with Crippen LogP contribution in [0.25, 0.3) is 10.2 Å². The Balaban J connectivity index is 1.70. The van der Waals surface area contributed by atoms with Gasteiger partial charge in [0, 0.05) is 24.0 Å². The molecule has 0 bridgehead atoms. The van der Waals surface area contributed by atoms with Gasteiger partial charge in [0.25, 0.3) is 5.56 Å². The first kappa shape index (κ1) is 19.4. The van der Waals surface area contributed by atoms with Crippen molar-refractivity contribution in [3.05, 3.63) is 20.8 Å². The molecule has 0 N–H and O–H groups in total. The van der Waals surface area contributed by atoms with Crippen LogP contribution in [0.4, 0.5) is 5.95 Å². The number of rotatable bonds is 4. The molecule has 0 atom stereocenters. The molecule has 4 rings (SSSR count). The standard InChI is InChI=1S/C21H29N3O3S/c1-4-27-20(26)14-9-11-23(12-10-14)21-22-18-17(19(25)24(21)13(2)3)15-7-5-6-8-16(15)28-18/h13-14H,4-12H2,1-3H3. The van der Waals surface area contributed by atoms with Gasteiger partial charge in [0.2, 0.25) is 5.95 Å². The second-order valence-corrected chi connectivity index (χ2v) is 9.17. The van der Waals surface area contributed by atoms with Crippen molar-refractivity contribution in [2.75, 3.05) is 24.6 Å². The summed E-state index contributed by atoms with van der Waals surface area (Å²) in [5.41, 5.74) is 1.34. The molecule has 1 aliphatic carbocycles. The zero-order valence-corrected chi connectivity index (χ0v) is 17.8. The van der Waals surface area contributed by atoms with Crippen LogP contribution in [-0.2, 0) is 22.4 Å². The molecule has 6 nitrogen and oxygen atoms in total. The van der Waals surface area contributed by atoms with Gasteiger partial charge in [-0.3, -0.25) is 14.2 Å². The van der Waals surface area contributed by atoms with Crippen molar-refractivity contribution in [1.82, 2.24) is 9.55 Å². The molecule has 7 heteroatoms. The summed E-state index contributed by atoms with van der Waals surface area (Å²) < 4.78 is 7.04. The number of carbonyl (C=O) groups excluding carboxylic acids is 1. The van der Waals surface area contributed by atoms with Gasteiger partial charge in [0.15, 0.2) is 0 Å². The highest BCUT2D eigenvalue weighted by molar-refractivity contribution is 7.18. The second kappa shape index (κ2) is 7.85. The molecule has 0 amide bonds. The van der Waals surface area contributed by atoms with E-state index < -0.39 is 0 Å². The third-order valence-corrected chi connectivity index (χ3v) is 7.10. The van der Waals surface area contributed by atoms with Crippen LogP contribution in [0.5, 0.6) is 0 Å². The van der Waals surface area contributed by atoms with E-state index in [1.807, 2.05) is 25.3 Å².